The number of esters is 6. The number of methoxy groups -OCH3 is 6. The number of fused-ring (bicyclic) bond motifs is 8. The minimum Gasteiger partial charge on any atom is -0.481 e. The van der Waals surface area contributed by atoms with Crippen molar-refractivity contribution in [3.05, 3.63) is 94.6 Å². The van der Waals surface area contributed by atoms with Crippen LogP contribution < -0.4 is 18.9 Å². The van der Waals surface area contributed by atoms with Crippen molar-refractivity contribution < 1.29 is 76.1 Å². The molecule has 0 aliphatic carbocycles. The van der Waals surface area contributed by atoms with Crippen molar-refractivity contribution in [2.24, 2.45) is 0 Å². The summed E-state index contributed by atoms with van der Waals surface area (Å²) in [4.78, 5) is 92.4. The monoisotopic (exact) mass is 930 g/mol. The average Bonchev–Trinajstić information content (AvgIpc) is 4.21. The fourth-order valence-electron chi connectivity index (χ4n) is 6.98. The molecule has 68 heavy (non-hydrogen) atoms. The van der Waals surface area contributed by atoms with Crippen molar-refractivity contribution in [2.75, 3.05) is 69.1 Å². The summed E-state index contributed by atoms with van der Waals surface area (Å²) in [5, 5.41) is 0. The highest BCUT2D eigenvalue weighted by Gasteiger charge is 2.27. The minimum atomic E-state index is -0.763. The van der Waals surface area contributed by atoms with Crippen LogP contribution in [0.25, 0.3) is 68.6 Å². The number of carbonyl (C=O) groups is 6. The first-order chi connectivity index (χ1) is 32.9. The summed E-state index contributed by atoms with van der Waals surface area (Å²) in [5.41, 5.74) is 4.77. The van der Waals surface area contributed by atoms with Crippen molar-refractivity contribution >= 4 is 82.2 Å². The summed E-state index contributed by atoms with van der Waals surface area (Å²) >= 11 is 0. The molecule has 0 amide bonds. The van der Waals surface area contributed by atoms with Crippen LogP contribution in [0.4, 0.5) is 0 Å². The van der Waals surface area contributed by atoms with Gasteiger partial charge in [-0.25, -0.2) is 38.7 Å². The van der Waals surface area contributed by atoms with E-state index >= 15 is 0 Å². The van der Waals surface area contributed by atoms with Gasteiger partial charge in [0.05, 0.1) is 87.7 Å². The van der Waals surface area contributed by atoms with Gasteiger partial charge in [0.25, 0.3) is 0 Å². The highest BCUT2D eigenvalue weighted by Crippen LogP contribution is 2.46. The lowest BCUT2D eigenvalue weighted by molar-refractivity contribution is -0.143. The molecule has 2 aliphatic heterocycles. The molecule has 2 N–H and O–H groups in total. The summed E-state index contributed by atoms with van der Waals surface area (Å²) in [6.45, 7) is -2.27. The number of hydrogen-bond donors (Lipinski definition) is 2. The number of aromatic amines is 2. The molecule has 350 valence electrons. The van der Waals surface area contributed by atoms with Gasteiger partial charge in [-0.1, -0.05) is 0 Å². The second-order valence-corrected chi connectivity index (χ2v) is 14.3. The number of benzene rings is 2. The summed E-state index contributed by atoms with van der Waals surface area (Å²) < 4.78 is 53.4. The molecular formula is C48H42N4O16. The van der Waals surface area contributed by atoms with Crippen LogP contribution in [-0.4, -0.2) is 125 Å². The van der Waals surface area contributed by atoms with E-state index in [2.05, 4.69) is 9.97 Å². The lowest BCUT2D eigenvalue weighted by atomic mass is 9.98. The number of aromatic nitrogens is 4. The zero-order valence-electron chi connectivity index (χ0n) is 37.3. The van der Waals surface area contributed by atoms with E-state index in [1.165, 1.54) is 66.9 Å². The Kier molecular flexibility index (Phi) is 14.5. The topological polar surface area (TPSA) is 252 Å². The molecule has 3 aromatic heterocycles. The molecule has 20 heteroatoms. The predicted octanol–water partition coefficient (Wildman–Crippen LogP) is 5.77. The minimum absolute atomic E-state index is 0.0000654. The van der Waals surface area contributed by atoms with Crippen molar-refractivity contribution in [1.82, 2.24) is 19.9 Å². The van der Waals surface area contributed by atoms with Gasteiger partial charge in [-0.2, -0.15) is 0 Å². The zero-order valence-corrected chi connectivity index (χ0v) is 37.3. The van der Waals surface area contributed by atoms with E-state index in [1.54, 1.807) is 60.7 Å². The van der Waals surface area contributed by atoms with E-state index in [-0.39, 0.29) is 45.3 Å². The van der Waals surface area contributed by atoms with Crippen LogP contribution in [0.5, 0.6) is 23.0 Å². The van der Waals surface area contributed by atoms with Crippen LogP contribution in [0.15, 0.2) is 60.7 Å². The summed E-state index contributed by atoms with van der Waals surface area (Å²) in [6, 6.07) is 16.1. The lowest BCUT2D eigenvalue weighted by Gasteiger charge is -2.18. The second kappa shape index (κ2) is 20.9. The predicted molar refractivity (Wildman–Crippen MR) is 242 cm³/mol. The Bertz CT molecular complexity index is 2900. The quantitative estimate of drug-likeness (QED) is 0.0861. The molecule has 0 saturated heterocycles. The molecule has 8 bridgehead atoms. The van der Waals surface area contributed by atoms with Crippen molar-refractivity contribution in [3.63, 3.8) is 0 Å². The molecule has 5 heterocycles. The first-order valence-corrected chi connectivity index (χ1v) is 20.3. The van der Waals surface area contributed by atoms with Crippen LogP contribution in [0.2, 0.25) is 0 Å². The number of rotatable bonds is 16. The van der Waals surface area contributed by atoms with E-state index in [0.29, 0.717) is 56.0 Å². The molecule has 2 aromatic carbocycles. The van der Waals surface area contributed by atoms with Crippen molar-refractivity contribution in [3.8, 4) is 45.3 Å². The third kappa shape index (κ3) is 10.4. The maximum Gasteiger partial charge on any atom is 0.343 e. The number of H-pyrrole nitrogens is 2. The first-order valence-electron chi connectivity index (χ1n) is 20.3. The van der Waals surface area contributed by atoms with Gasteiger partial charge < -0.3 is 57.3 Å². The SMILES string of the molecule is COC(=O)COc1cc(C(=O)OC)cc(OCC(=O)OC)c1-c1c2nc(cc3ccc([nH]3)c(-c3c(OCC(=O)OC)cc(C(=O)OC)cc3OCC(=O)OC)c3ccc(cc4nc1C=C4)[nH]3)C=C2. The highest BCUT2D eigenvalue weighted by atomic mass is 16.6. The normalized spacial score (nSPS) is 11.3. The smallest absolute Gasteiger partial charge is 0.343 e. The van der Waals surface area contributed by atoms with Gasteiger partial charge in [0.2, 0.25) is 0 Å². The Labute approximate surface area is 386 Å². The Morgan fingerprint density at radius 3 is 1.07 bits per heavy atom. The molecule has 0 spiro atoms. The standard InChI is InChI=1S/C48H42N4O16/c1-59-39(53)21-65-35-15-25(47(57)63-5)16-36(66-22-40(54)60-2)45(35)43-31-11-7-27(49-31)19-29-9-13-33(51-29)44(34-14-10-30(52-34)20-28-8-12-32(43)50-28)46-37(67-23-41(55)61-3)17-26(48(58)64-6)18-38(46)68-24-42(56)62-4/h7-20,49-50H,21-24H2,1-6H3. The molecule has 7 rings (SSSR count). The zero-order chi connectivity index (χ0) is 48.5. The third-order valence-corrected chi connectivity index (χ3v) is 10.2. The Hall–Kier alpha value is -8.94. The number of hydrogen-bond acceptors (Lipinski definition) is 18. The molecular weight excluding hydrogens is 889 g/mol. The maximum absolute atomic E-state index is 13.0. The van der Waals surface area contributed by atoms with Crippen molar-refractivity contribution in [2.45, 2.75) is 0 Å². The fraction of sp³-hybridized carbons (Fsp3) is 0.208. The molecule has 0 saturated carbocycles. The van der Waals surface area contributed by atoms with Gasteiger partial charge >= 0.3 is 35.8 Å². The summed E-state index contributed by atoms with van der Waals surface area (Å²) in [5.74, 6) is -4.46. The Morgan fingerprint density at radius 2 is 0.750 bits per heavy atom. The van der Waals surface area contributed by atoms with E-state index in [1.807, 2.05) is 0 Å². The van der Waals surface area contributed by atoms with Crippen LogP contribution in [-0.2, 0) is 47.6 Å². The molecule has 5 aromatic rings. The van der Waals surface area contributed by atoms with Gasteiger partial charge in [0, 0.05) is 33.2 Å². The van der Waals surface area contributed by atoms with Crippen LogP contribution in [0.3, 0.4) is 0 Å². The molecule has 0 radical (unpaired) electrons. The van der Waals surface area contributed by atoms with E-state index < -0.39 is 62.2 Å². The summed E-state index contributed by atoms with van der Waals surface area (Å²) in [6.07, 6.45) is 6.91. The Morgan fingerprint density at radius 1 is 0.412 bits per heavy atom. The number of carbonyl (C=O) groups excluding carboxylic acids is 6. The number of nitrogens with one attached hydrogen (secondary N) is 2. The molecule has 0 fully saturated rings. The van der Waals surface area contributed by atoms with Crippen molar-refractivity contribution in [1.29, 1.82) is 0 Å². The molecule has 2 aliphatic rings. The van der Waals surface area contributed by atoms with Gasteiger partial charge in [-0.15, -0.1) is 0 Å². The van der Waals surface area contributed by atoms with Gasteiger partial charge in [0.15, 0.2) is 26.4 Å². The van der Waals surface area contributed by atoms with E-state index in [4.69, 9.17) is 57.3 Å². The molecule has 20 nitrogen and oxygen atoms in total. The first kappa shape index (κ1) is 47.0. The average molecular weight is 931 g/mol. The maximum atomic E-state index is 13.0. The molecule has 0 unspecified atom stereocenters. The van der Waals surface area contributed by atoms with Crippen LogP contribution >= 0.6 is 0 Å². The van der Waals surface area contributed by atoms with Gasteiger partial charge in [-0.3, -0.25) is 0 Å². The van der Waals surface area contributed by atoms with Crippen LogP contribution in [0.1, 0.15) is 43.5 Å². The van der Waals surface area contributed by atoms with Gasteiger partial charge in [0.1, 0.15) is 23.0 Å². The van der Waals surface area contributed by atoms with E-state index in [0.717, 1.165) is 0 Å². The Balaban J connectivity index is 1.54. The van der Waals surface area contributed by atoms with Crippen LogP contribution in [0, 0.1) is 0 Å². The number of ether oxygens (including phenoxy) is 10. The lowest BCUT2D eigenvalue weighted by Crippen LogP contribution is -2.16. The van der Waals surface area contributed by atoms with Gasteiger partial charge in [-0.05, 0) is 85.0 Å². The van der Waals surface area contributed by atoms with E-state index in [9.17, 15) is 28.8 Å². The molecule has 0 atom stereocenters. The summed E-state index contributed by atoms with van der Waals surface area (Å²) in [7, 11) is 7.17. The highest BCUT2D eigenvalue weighted by molar-refractivity contribution is 6.02. The third-order valence-electron chi connectivity index (χ3n) is 10.2. The largest absolute Gasteiger partial charge is 0.481 e. The fourth-order valence-corrected chi connectivity index (χ4v) is 6.98. The second-order valence-electron chi connectivity index (χ2n) is 14.3. The number of nitrogens with zero attached hydrogens (tertiary/aromatic N) is 2.